The minimum atomic E-state index is 0.356. The molecule has 0 spiro atoms. The van der Waals surface area contributed by atoms with Gasteiger partial charge in [-0.1, -0.05) is 65.7 Å². The lowest BCUT2D eigenvalue weighted by atomic mass is 10.0. The Bertz CT molecular complexity index is 1320. The van der Waals surface area contributed by atoms with E-state index < -0.39 is 0 Å². The van der Waals surface area contributed by atoms with Crippen molar-refractivity contribution in [1.82, 2.24) is 5.43 Å². The first-order chi connectivity index (χ1) is 16.6. The highest BCUT2D eigenvalue weighted by Gasteiger charge is 2.09. The Morgan fingerprint density at radius 1 is 0.794 bits per heavy atom. The molecule has 0 aliphatic heterocycles. The van der Waals surface area contributed by atoms with Crippen LogP contribution in [0.1, 0.15) is 16.7 Å². The fourth-order valence-electron chi connectivity index (χ4n) is 3.56. The molecule has 0 bridgehead atoms. The third kappa shape index (κ3) is 5.56. The van der Waals surface area contributed by atoms with Crippen LogP contribution >= 0.6 is 23.2 Å². The van der Waals surface area contributed by atoms with Crippen LogP contribution in [0.2, 0.25) is 10.0 Å². The molecule has 0 heterocycles. The number of hydrogen-bond donors (Lipinski definition) is 1. The second-order valence-electron chi connectivity index (χ2n) is 7.52. The molecule has 174 valence electrons. The zero-order valence-corrected chi connectivity index (χ0v) is 20.4. The number of ether oxygens (including phenoxy) is 3. The first-order valence-electron chi connectivity index (χ1n) is 10.6. The third-order valence-corrected chi connectivity index (χ3v) is 6.06. The molecule has 4 aromatic carbocycles. The summed E-state index contributed by atoms with van der Waals surface area (Å²) in [7, 11) is 3.23. The first-order valence-corrected chi connectivity index (χ1v) is 11.4. The van der Waals surface area contributed by atoms with Crippen molar-refractivity contribution in [2.24, 2.45) is 5.10 Å². The van der Waals surface area contributed by atoms with Gasteiger partial charge in [-0.3, -0.25) is 0 Å². The minimum absolute atomic E-state index is 0.356. The average molecular weight is 495 g/mol. The lowest BCUT2D eigenvalue weighted by molar-refractivity contribution is 0.306. The topological polar surface area (TPSA) is 52.1 Å². The molecule has 1 N–H and O–H groups in total. The standard InChI is InChI=1S/C27H24Cl2N2O3/c1-32-26-11-8-18(14-27(26)33-2)15-30-31-16-22-21-6-4-3-5-20(21)9-12-25(22)34-17-19-7-10-23(28)24(29)13-19/h3-14,16,30H,15,17H2,1-2H3/b31-16-. The summed E-state index contributed by atoms with van der Waals surface area (Å²) in [5, 5.41) is 7.63. The lowest BCUT2D eigenvalue weighted by Crippen LogP contribution is -2.07. The van der Waals surface area contributed by atoms with E-state index in [0.717, 1.165) is 33.2 Å². The number of benzene rings is 4. The number of hydrogen-bond acceptors (Lipinski definition) is 5. The van der Waals surface area contributed by atoms with Crippen LogP contribution in [0, 0.1) is 0 Å². The van der Waals surface area contributed by atoms with Crippen LogP contribution in [0.15, 0.2) is 77.9 Å². The molecule has 0 unspecified atom stereocenters. The normalized spacial score (nSPS) is 11.1. The lowest BCUT2D eigenvalue weighted by Gasteiger charge is -2.12. The zero-order chi connectivity index (χ0) is 23.9. The van der Waals surface area contributed by atoms with Gasteiger partial charge in [-0.25, -0.2) is 0 Å². The smallest absolute Gasteiger partial charge is 0.161 e. The molecule has 0 aliphatic rings. The number of fused-ring (bicyclic) bond motifs is 1. The van der Waals surface area contributed by atoms with Crippen LogP contribution in [0.25, 0.3) is 10.8 Å². The van der Waals surface area contributed by atoms with Gasteiger partial charge < -0.3 is 19.6 Å². The quantitative estimate of drug-likeness (QED) is 0.204. The van der Waals surface area contributed by atoms with Gasteiger partial charge in [0.2, 0.25) is 0 Å². The number of hydrazone groups is 1. The van der Waals surface area contributed by atoms with E-state index in [1.165, 1.54) is 0 Å². The third-order valence-electron chi connectivity index (χ3n) is 5.33. The zero-order valence-electron chi connectivity index (χ0n) is 18.8. The van der Waals surface area contributed by atoms with Gasteiger partial charge in [0, 0.05) is 5.56 Å². The number of nitrogens with zero attached hydrogens (tertiary/aromatic N) is 1. The second kappa shape index (κ2) is 11.1. The molecule has 0 aromatic heterocycles. The van der Waals surface area contributed by atoms with Gasteiger partial charge >= 0.3 is 0 Å². The molecule has 7 heteroatoms. The van der Waals surface area contributed by atoms with Crippen molar-refractivity contribution in [3.05, 3.63) is 99.5 Å². The predicted octanol–water partition coefficient (Wildman–Crippen LogP) is 6.87. The molecular weight excluding hydrogens is 471 g/mol. The van der Waals surface area contributed by atoms with E-state index >= 15 is 0 Å². The van der Waals surface area contributed by atoms with Gasteiger partial charge in [0.05, 0.1) is 37.0 Å². The molecule has 4 aromatic rings. The van der Waals surface area contributed by atoms with Gasteiger partial charge in [-0.05, 0) is 52.2 Å². The van der Waals surface area contributed by atoms with Gasteiger partial charge in [0.15, 0.2) is 11.5 Å². The van der Waals surface area contributed by atoms with Crippen LogP contribution in [-0.2, 0) is 13.2 Å². The average Bonchev–Trinajstić information content (AvgIpc) is 2.87. The summed E-state index contributed by atoms with van der Waals surface area (Å²) in [6.45, 7) is 0.885. The predicted molar refractivity (Wildman–Crippen MR) is 139 cm³/mol. The molecule has 0 aliphatic carbocycles. The molecule has 0 atom stereocenters. The van der Waals surface area contributed by atoms with E-state index in [4.69, 9.17) is 37.4 Å². The highest BCUT2D eigenvalue weighted by molar-refractivity contribution is 6.42. The van der Waals surface area contributed by atoms with E-state index in [9.17, 15) is 0 Å². The molecule has 34 heavy (non-hydrogen) atoms. The molecule has 0 saturated heterocycles. The highest BCUT2D eigenvalue weighted by Crippen LogP contribution is 2.29. The maximum absolute atomic E-state index is 6.15. The molecule has 0 saturated carbocycles. The highest BCUT2D eigenvalue weighted by atomic mass is 35.5. The minimum Gasteiger partial charge on any atom is -0.493 e. The van der Waals surface area contributed by atoms with Crippen molar-refractivity contribution in [1.29, 1.82) is 0 Å². The summed E-state index contributed by atoms with van der Waals surface area (Å²) in [4.78, 5) is 0. The van der Waals surface area contributed by atoms with Crippen molar-refractivity contribution < 1.29 is 14.2 Å². The Labute approximate surface area is 208 Å². The first kappa shape index (κ1) is 23.7. The van der Waals surface area contributed by atoms with Crippen molar-refractivity contribution >= 4 is 40.2 Å². The van der Waals surface area contributed by atoms with Crippen LogP contribution < -0.4 is 19.6 Å². The van der Waals surface area contributed by atoms with E-state index in [1.807, 2.05) is 54.6 Å². The largest absolute Gasteiger partial charge is 0.493 e. The van der Waals surface area contributed by atoms with Gasteiger partial charge in [-0.2, -0.15) is 5.10 Å². The maximum atomic E-state index is 6.15. The fourth-order valence-corrected chi connectivity index (χ4v) is 3.88. The van der Waals surface area contributed by atoms with Crippen molar-refractivity contribution in [3.8, 4) is 17.2 Å². The number of rotatable bonds is 9. The fraction of sp³-hybridized carbons (Fsp3) is 0.148. The number of halogens is 2. The van der Waals surface area contributed by atoms with Crippen molar-refractivity contribution in [2.45, 2.75) is 13.2 Å². The van der Waals surface area contributed by atoms with E-state index in [1.54, 1.807) is 26.5 Å². The Balaban J connectivity index is 1.53. The van der Waals surface area contributed by atoms with Gasteiger partial charge in [0.1, 0.15) is 12.4 Å². The Hall–Kier alpha value is -3.41. The summed E-state index contributed by atoms with van der Waals surface area (Å²) in [6, 6.07) is 23.3. The van der Waals surface area contributed by atoms with Crippen LogP contribution in [0.5, 0.6) is 17.2 Å². The molecule has 5 nitrogen and oxygen atoms in total. The SMILES string of the molecule is COc1ccc(CN/N=C\c2c(OCc3ccc(Cl)c(Cl)c3)ccc3ccccc23)cc1OC. The monoisotopic (exact) mass is 494 g/mol. The van der Waals surface area contributed by atoms with Gasteiger partial charge in [0.25, 0.3) is 0 Å². The summed E-state index contributed by atoms with van der Waals surface area (Å²) in [5.74, 6) is 2.09. The van der Waals surface area contributed by atoms with Crippen molar-refractivity contribution in [3.63, 3.8) is 0 Å². The van der Waals surface area contributed by atoms with Crippen LogP contribution in [0.4, 0.5) is 0 Å². The summed E-state index contributed by atoms with van der Waals surface area (Å²) in [6.07, 6.45) is 1.78. The molecule has 0 radical (unpaired) electrons. The number of methoxy groups -OCH3 is 2. The maximum Gasteiger partial charge on any atom is 0.161 e. The summed E-state index contributed by atoms with van der Waals surface area (Å²) < 4.78 is 16.8. The molecule has 0 amide bonds. The second-order valence-corrected chi connectivity index (χ2v) is 8.33. The molecule has 4 rings (SSSR count). The summed E-state index contributed by atoms with van der Waals surface area (Å²) in [5.41, 5.74) is 5.94. The summed E-state index contributed by atoms with van der Waals surface area (Å²) >= 11 is 12.2. The van der Waals surface area contributed by atoms with Crippen LogP contribution in [0.3, 0.4) is 0 Å². The van der Waals surface area contributed by atoms with E-state index in [-0.39, 0.29) is 0 Å². The Morgan fingerprint density at radius 2 is 1.56 bits per heavy atom. The number of nitrogens with one attached hydrogen (secondary N) is 1. The molecule has 0 fully saturated rings. The Morgan fingerprint density at radius 3 is 2.35 bits per heavy atom. The van der Waals surface area contributed by atoms with E-state index in [2.05, 4.69) is 22.7 Å². The Kier molecular flexibility index (Phi) is 7.78. The molecular formula is C27H24Cl2N2O3. The van der Waals surface area contributed by atoms with Crippen LogP contribution in [-0.4, -0.2) is 20.4 Å². The van der Waals surface area contributed by atoms with Gasteiger partial charge in [-0.15, -0.1) is 0 Å². The van der Waals surface area contributed by atoms with E-state index in [0.29, 0.717) is 34.7 Å². The van der Waals surface area contributed by atoms with Crippen molar-refractivity contribution in [2.75, 3.05) is 14.2 Å².